The third-order valence-electron chi connectivity index (χ3n) is 22.5. The number of morpholine rings is 1. The SMILES string of the molecule is C=CC(=O)N(C)Cc1ccc(Nc2nc(Nc3cccc(N4CCN(CCO)CC4)c3)ncc2F)cc1.C=CC(=O)N(C)Cc1ccc(Nc2nc(Nc3cccc(OCCN(CC)CC)c3)ncc2F)cc1.C=CC(=O)N(C)Cc1ccc(Nc2nc(Nc3cccc(OCCN4CCOCC4)c3)ncc2F)cc1.C=CC(=O)Nc1cccc(Oc2nc(Nc3cccc(OCCN(CC)CC)c3)ncc2F)c1. The van der Waals surface area contributed by atoms with Crippen LogP contribution in [-0.4, -0.2) is 255 Å². The molecule has 0 aliphatic carbocycles. The monoisotopic (exact) mass is 1970 g/mol. The van der Waals surface area contributed by atoms with Crippen molar-refractivity contribution in [2.24, 2.45) is 0 Å². The number of ether oxygens (including phenoxy) is 5. The molecule has 0 radical (unpaired) electrons. The van der Waals surface area contributed by atoms with Crippen molar-refractivity contribution in [1.82, 2.24) is 74.2 Å². The first kappa shape index (κ1) is 108. The molecule has 2 aliphatic rings. The molecule has 4 aromatic heterocycles. The Hall–Kier alpha value is -16.0. The minimum atomic E-state index is -0.723. The van der Waals surface area contributed by atoms with Gasteiger partial charge in [0, 0.05) is 182 Å². The first-order valence-electron chi connectivity index (χ1n) is 47.1. The molecular weight excluding hydrogens is 1850 g/mol. The molecule has 0 bridgehead atoms. The Kier molecular flexibility index (Phi) is 42.9. The molecule has 0 unspecified atom stereocenters. The summed E-state index contributed by atoms with van der Waals surface area (Å²) in [6, 6.07) is 58.8. The van der Waals surface area contributed by atoms with E-state index >= 15 is 0 Å². The minimum Gasteiger partial charge on any atom is -0.492 e. The third kappa shape index (κ3) is 35.6. The van der Waals surface area contributed by atoms with Gasteiger partial charge in [0.1, 0.15) is 42.8 Å². The van der Waals surface area contributed by atoms with Crippen LogP contribution in [0.3, 0.4) is 0 Å². The number of β-amino-alcohol motifs (C(OH)–C–C–N with tert-alkyl or cyclic N) is 1. The van der Waals surface area contributed by atoms with Crippen molar-refractivity contribution in [2.45, 2.75) is 47.3 Å². The van der Waals surface area contributed by atoms with Crippen molar-refractivity contribution in [3.8, 4) is 28.9 Å². The Balaban J connectivity index is 0.000000183. The van der Waals surface area contributed by atoms with Gasteiger partial charge < -0.3 is 101 Å². The van der Waals surface area contributed by atoms with Gasteiger partial charge in [0.05, 0.1) is 44.6 Å². The van der Waals surface area contributed by atoms with Gasteiger partial charge in [-0.2, -0.15) is 24.3 Å². The van der Waals surface area contributed by atoms with E-state index in [1.807, 2.05) is 127 Å². The van der Waals surface area contributed by atoms with Crippen LogP contribution in [0.2, 0.25) is 0 Å². The number of carbonyl (C=O) groups excluding carboxylic acids is 4. The van der Waals surface area contributed by atoms with Gasteiger partial charge in [-0.3, -0.25) is 29.0 Å². The molecule has 12 aromatic rings. The standard InChI is InChI=1S/C27H32FN7O2.C27H31FN6O3.C27H33FN6O2.C25H28FN5O3/c1-3-25(37)33(2)19-20-7-9-21(10-8-20)30-26-24(28)18-29-27(32-26)31-22-5-4-6-23(17-22)35-13-11-34(12-14-35)15-16-36;1-3-25(35)33(2)19-20-7-9-21(10-8-20)30-26-24(28)18-29-27(32-26)31-22-5-4-6-23(17-22)37-16-13-34-11-14-36-15-12-34;1-5-25(35)33(4)19-20-11-13-21(14-12-20)30-26-24(28)18-29-27(32-26)31-22-9-8-10-23(17-22)36-16-15-34(6-2)7-3;1-4-23(32)28-18-9-8-12-21(16-18)34-24-22(26)17-27-25(30-24)29-19-10-7-11-20(15-19)33-14-13-31(5-2)6-3/h3-10,17-18,36H,1,11-16,19H2,2H3,(H2,29,30,31,32);3-10,17-18H,1,11-16,19H2,2H3,(H2,29,30,31,32);5,8-14,17-18H,1,6-7,15-16,19H2,2-4H3,(H2,29,30,31,32);4,7-12,15-17H,1,5-6,13-14H2,2-3H3,(H,28,32)(H,27,29,30). The number of anilines is 16. The van der Waals surface area contributed by atoms with Gasteiger partial charge in [-0.15, -0.1) is 0 Å². The molecule has 14 rings (SSSR count). The molecule has 0 atom stereocenters. The van der Waals surface area contributed by atoms with E-state index in [1.54, 1.807) is 96.5 Å². The van der Waals surface area contributed by atoms with Gasteiger partial charge >= 0.3 is 0 Å². The van der Waals surface area contributed by atoms with Gasteiger partial charge in [0.15, 0.2) is 34.9 Å². The van der Waals surface area contributed by atoms with Crippen molar-refractivity contribution in [2.75, 3.05) is 200 Å². The predicted octanol–water partition coefficient (Wildman–Crippen LogP) is 17.3. The Morgan fingerprint density at radius 3 is 1.12 bits per heavy atom. The number of aromatic nitrogens is 8. The molecule has 2 fully saturated rings. The highest BCUT2D eigenvalue weighted by Crippen LogP contribution is 2.32. The fourth-order valence-corrected chi connectivity index (χ4v) is 14.4. The van der Waals surface area contributed by atoms with E-state index in [0.29, 0.717) is 85.9 Å². The molecule has 0 saturated carbocycles. The summed E-state index contributed by atoms with van der Waals surface area (Å²) in [4.78, 5) is 95.8. The van der Waals surface area contributed by atoms with E-state index < -0.39 is 23.3 Å². The van der Waals surface area contributed by atoms with E-state index in [-0.39, 0.29) is 77.4 Å². The summed E-state index contributed by atoms with van der Waals surface area (Å²) in [6.07, 6.45) is 9.37. The molecule has 34 nitrogen and oxygen atoms in total. The summed E-state index contributed by atoms with van der Waals surface area (Å²) in [6.45, 7) is 39.7. The van der Waals surface area contributed by atoms with Crippen LogP contribution >= 0.6 is 0 Å². The van der Waals surface area contributed by atoms with Crippen LogP contribution < -0.4 is 66.4 Å². The fourth-order valence-electron chi connectivity index (χ4n) is 14.4. The van der Waals surface area contributed by atoms with E-state index in [1.165, 1.54) is 18.2 Å². The summed E-state index contributed by atoms with van der Waals surface area (Å²) < 4.78 is 86.2. The maximum absolute atomic E-state index is 14.5. The van der Waals surface area contributed by atoms with E-state index in [9.17, 15) is 36.7 Å². The number of likely N-dealkylation sites (N-methyl/N-ethyl adjacent to an activating group) is 5. The van der Waals surface area contributed by atoms with Crippen LogP contribution in [0, 0.1) is 23.3 Å². The van der Waals surface area contributed by atoms with Crippen LogP contribution in [0.1, 0.15) is 44.4 Å². The zero-order chi connectivity index (χ0) is 102. The number of piperazine rings is 1. The summed E-state index contributed by atoms with van der Waals surface area (Å²) in [5, 5.41) is 33.1. The third-order valence-corrected chi connectivity index (χ3v) is 22.5. The topological polar surface area (TPSA) is 360 Å². The molecule has 2 saturated heterocycles. The second-order valence-corrected chi connectivity index (χ2v) is 32.7. The molecule has 6 heterocycles. The number of nitrogens with zero attached hydrogens (tertiary/aromatic N) is 16. The van der Waals surface area contributed by atoms with E-state index in [4.69, 9.17) is 28.8 Å². The lowest BCUT2D eigenvalue weighted by Crippen LogP contribution is -2.47. The Morgan fingerprint density at radius 2 is 0.743 bits per heavy atom. The van der Waals surface area contributed by atoms with Gasteiger partial charge in [0.2, 0.25) is 53.2 Å². The Morgan fingerprint density at radius 1 is 0.396 bits per heavy atom. The highest BCUT2D eigenvalue weighted by atomic mass is 19.1. The van der Waals surface area contributed by atoms with Gasteiger partial charge in [-0.1, -0.05) is 121 Å². The van der Waals surface area contributed by atoms with Gasteiger partial charge in [-0.05, 0) is 170 Å². The van der Waals surface area contributed by atoms with Crippen LogP contribution in [0.4, 0.5) is 110 Å². The summed E-state index contributed by atoms with van der Waals surface area (Å²) in [7, 11) is 5.11. The number of hydrogen-bond donors (Lipinski definition) is 9. The van der Waals surface area contributed by atoms with Crippen molar-refractivity contribution in [3.63, 3.8) is 0 Å². The summed E-state index contributed by atoms with van der Waals surface area (Å²) in [5.41, 5.74) is 9.27. The zero-order valence-electron chi connectivity index (χ0n) is 82.0. The van der Waals surface area contributed by atoms with Crippen molar-refractivity contribution in [1.29, 1.82) is 0 Å². The van der Waals surface area contributed by atoms with Crippen LogP contribution in [0.15, 0.2) is 270 Å². The number of nitrogens with one attached hydrogen (secondary N) is 8. The molecular formula is C106H124F4N24O10. The summed E-state index contributed by atoms with van der Waals surface area (Å²) in [5.74, 6) is -0.000543. The minimum absolute atomic E-state index is 0.0436. The molecule has 4 amide bonds. The number of aliphatic hydroxyl groups is 1. The molecule has 756 valence electrons. The molecule has 144 heavy (non-hydrogen) atoms. The maximum atomic E-state index is 14.5. The lowest BCUT2D eigenvalue weighted by atomic mass is 10.2. The van der Waals surface area contributed by atoms with E-state index in [2.05, 4.69) is 167 Å². The molecule has 9 N–H and O–H groups in total. The molecule has 0 spiro atoms. The molecule has 8 aromatic carbocycles. The first-order chi connectivity index (χ1) is 69.8. The predicted molar refractivity (Wildman–Crippen MR) is 556 cm³/mol. The van der Waals surface area contributed by atoms with Crippen molar-refractivity contribution >= 4 is 116 Å². The Labute approximate surface area is 837 Å². The zero-order valence-corrected chi connectivity index (χ0v) is 82.0. The van der Waals surface area contributed by atoms with Gasteiger partial charge in [-0.25, -0.2) is 33.1 Å². The van der Waals surface area contributed by atoms with Crippen molar-refractivity contribution < 1.29 is 65.5 Å². The van der Waals surface area contributed by atoms with Crippen LogP contribution in [0.25, 0.3) is 0 Å². The van der Waals surface area contributed by atoms with E-state index in [0.717, 1.165) is 180 Å². The lowest BCUT2D eigenvalue weighted by molar-refractivity contribution is -0.126. The normalized spacial score (nSPS) is 12.2. The number of aliphatic hydroxyl groups excluding tert-OH is 1. The number of carbonyl (C=O) groups is 4. The quantitative estimate of drug-likeness (QED) is 0.0126. The van der Waals surface area contributed by atoms with Gasteiger partial charge in [0.25, 0.3) is 5.88 Å². The lowest BCUT2D eigenvalue weighted by Gasteiger charge is -2.35. The fraction of sp³-hybridized carbons (Fsp3) is 0.283. The number of rotatable bonds is 46. The largest absolute Gasteiger partial charge is 0.492 e. The van der Waals surface area contributed by atoms with Crippen LogP contribution in [0.5, 0.6) is 28.9 Å². The first-order valence-corrected chi connectivity index (χ1v) is 47.1. The highest BCUT2D eigenvalue weighted by Gasteiger charge is 2.22. The van der Waals surface area contributed by atoms with Crippen LogP contribution in [-0.2, 0) is 43.5 Å². The highest BCUT2D eigenvalue weighted by molar-refractivity contribution is 5.99. The number of benzene rings is 8. The van der Waals surface area contributed by atoms with Crippen molar-refractivity contribution in [3.05, 3.63) is 309 Å². The average Bonchev–Trinajstić information content (AvgIpc) is 0.842. The molecule has 2 aliphatic heterocycles. The number of amides is 4. The Bertz CT molecular complexity index is 6160. The second-order valence-electron chi connectivity index (χ2n) is 32.7. The summed E-state index contributed by atoms with van der Waals surface area (Å²) >= 11 is 0. The number of hydrogen-bond acceptors (Lipinski definition) is 30. The molecule has 38 heteroatoms. The second kappa shape index (κ2) is 57.0. The average molecular weight is 1970 g/mol. The maximum Gasteiger partial charge on any atom is 0.260 e. The smallest absolute Gasteiger partial charge is 0.260 e. The number of halogens is 4.